The second-order valence-corrected chi connectivity index (χ2v) is 5.23. The highest BCUT2D eigenvalue weighted by molar-refractivity contribution is 5.87. The van der Waals surface area contributed by atoms with E-state index in [-0.39, 0.29) is 0 Å². The highest BCUT2D eigenvalue weighted by atomic mass is 16.5. The standard InChI is InChI=1S/C15H14N2O2/c18-7-10-1-3-14-11(5-10)2-4-15(16-14)17-12-6-13(17)9-19-8-12/h1-5,7,12-13H,6,8-9H2/t12-,13+. The van der Waals surface area contributed by atoms with Crippen LogP contribution in [-0.4, -0.2) is 36.6 Å². The van der Waals surface area contributed by atoms with Crippen LogP contribution in [-0.2, 0) is 4.74 Å². The monoisotopic (exact) mass is 254 g/mol. The number of anilines is 1. The Bertz CT molecular complexity index is 642. The summed E-state index contributed by atoms with van der Waals surface area (Å²) < 4.78 is 5.49. The van der Waals surface area contributed by atoms with E-state index in [9.17, 15) is 4.79 Å². The predicted octanol–water partition coefficient (Wildman–Crippen LogP) is 2.02. The third-order valence-electron chi connectivity index (χ3n) is 4.05. The summed E-state index contributed by atoms with van der Waals surface area (Å²) in [6.45, 7) is 1.61. The van der Waals surface area contributed by atoms with Crippen LogP contribution in [0, 0.1) is 0 Å². The Morgan fingerprint density at radius 3 is 2.79 bits per heavy atom. The molecule has 19 heavy (non-hydrogen) atoms. The lowest BCUT2D eigenvalue weighted by atomic mass is 9.91. The zero-order valence-corrected chi connectivity index (χ0v) is 10.5. The lowest BCUT2D eigenvalue weighted by molar-refractivity contribution is 0.00975. The first-order valence-electron chi connectivity index (χ1n) is 6.57. The average molecular weight is 254 g/mol. The lowest BCUT2D eigenvalue weighted by Crippen LogP contribution is -2.64. The van der Waals surface area contributed by atoms with Gasteiger partial charge in [0, 0.05) is 10.9 Å². The van der Waals surface area contributed by atoms with Crippen LogP contribution < -0.4 is 4.90 Å². The fraction of sp³-hybridized carbons (Fsp3) is 0.333. The number of aldehydes is 1. The molecule has 0 saturated carbocycles. The molecular formula is C15H14N2O2. The van der Waals surface area contributed by atoms with Gasteiger partial charge in [0.2, 0.25) is 0 Å². The van der Waals surface area contributed by atoms with Gasteiger partial charge in [-0.3, -0.25) is 4.79 Å². The molecule has 4 nitrogen and oxygen atoms in total. The van der Waals surface area contributed by atoms with Crippen LogP contribution in [0.1, 0.15) is 16.8 Å². The predicted molar refractivity (Wildman–Crippen MR) is 72.6 cm³/mol. The van der Waals surface area contributed by atoms with E-state index in [0.717, 1.165) is 36.2 Å². The number of nitrogens with zero attached hydrogens (tertiary/aromatic N) is 2. The number of hydrogen-bond donors (Lipinski definition) is 0. The molecular weight excluding hydrogens is 240 g/mol. The molecule has 2 saturated heterocycles. The van der Waals surface area contributed by atoms with Crippen molar-refractivity contribution < 1.29 is 9.53 Å². The number of carbonyl (C=O) groups is 1. The minimum atomic E-state index is 0.484. The molecule has 2 aliphatic rings. The van der Waals surface area contributed by atoms with Crippen molar-refractivity contribution in [2.24, 2.45) is 0 Å². The molecule has 0 unspecified atom stereocenters. The third kappa shape index (κ3) is 1.64. The average Bonchev–Trinajstić information content (AvgIpc) is 2.47. The molecule has 96 valence electrons. The SMILES string of the molecule is O=Cc1ccc2nc(N3[C@@H]4COC[C@H]3C4)ccc2c1. The molecule has 1 aromatic carbocycles. The van der Waals surface area contributed by atoms with Crippen molar-refractivity contribution >= 4 is 23.0 Å². The molecule has 4 rings (SSSR count). The summed E-state index contributed by atoms with van der Waals surface area (Å²) in [5.74, 6) is 1.02. The zero-order valence-electron chi connectivity index (χ0n) is 10.5. The Morgan fingerprint density at radius 1 is 1.21 bits per heavy atom. The van der Waals surface area contributed by atoms with Crippen LogP contribution in [0.4, 0.5) is 5.82 Å². The van der Waals surface area contributed by atoms with E-state index in [0.29, 0.717) is 17.6 Å². The molecule has 0 aliphatic carbocycles. The number of rotatable bonds is 2. The second kappa shape index (κ2) is 4.03. The molecule has 2 aromatic rings. The van der Waals surface area contributed by atoms with Gasteiger partial charge in [-0.25, -0.2) is 4.98 Å². The normalized spacial score (nSPS) is 25.2. The van der Waals surface area contributed by atoms with E-state index in [1.165, 1.54) is 6.42 Å². The maximum atomic E-state index is 10.8. The van der Waals surface area contributed by atoms with Gasteiger partial charge in [-0.05, 0) is 36.8 Å². The van der Waals surface area contributed by atoms with E-state index in [1.807, 2.05) is 30.3 Å². The summed E-state index contributed by atoms with van der Waals surface area (Å²) in [6, 6.07) is 10.6. The fourth-order valence-electron chi connectivity index (χ4n) is 3.06. The summed E-state index contributed by atoms with van der Waals surface area (Å²) >= 11 is 0. The number of aromatic nitrogens is 1. The summed E-state index contributed by atoms with van der Waals surface area (Å²) in [5, 5.41) is 1.01. The zero-order chi connectivity index (χ0) is 12.8. The van der Waals surface area contributed by atoms with Crippen molar-refractivity contribution in [2.75, 3.05) is 18.1 Å². The van der Waals surface area contributed by atoms with Crippen LogP contribution in [0.15, 0.2) is 30.3 Å². The van der Waals surface area contributed by atoms with Gasteiger partial charge in [0.25, 0.3) is 0 Å². The fourth-order valence-corrected chi connectivity index (χ4v) is 3.06. The van der Waals surface area contributed by atoms with Gasteiger partial charge < -0.3 is 9.64 Å². The van der Waals surface area contributed by atoms with Crippen LogP contribution in [0.5, 0.6) is 0 Å². The van der Waals surface area contributed by atoms with E-state index in [2.05, 4.69) is 4.90 Å². The molecule has 2 fully saturated rings. The molecule has 0 radical (unpaired) electrons. The minimum Gasteiger partial charge on any atom is -0.377 e. The van der Waals surface area contributed by atoms with Crippen molar-refractivity contribution in [3.05, 3.63) is 35.9 Å². The van der Waals surface area contributed by atoms with E-state index in [1.54, 1.807) is 0 Å². The maximum absolute atomic E-state index is 10.8. The molecule has 2 atom stereocenters. The van der Waals surface area contributed by atoms with E-state index < -0.39 is 0 Å². The molecule has 4 heteroatoms. The smallest absolute Gasteiger partial charge is 0.150 e. The quantitative estimate of drug-likeness (QED) is 0.769. The van der Waals surface area contributed by atoms with Gasteiger partial charge in [-0.1, -0.05) is 0 Å². The number of carbonyl (C=O) groups excluding carboxylic acids is 1. The van der Waals surface area contributed by atoms with Crippen molar-refractivity contribution in [3.63, 3.8) is 0 Å². The number of pyridine rings is 1. The highest BCUT2D eigenvalue weighted by Crippen LogP contribution is 2.35. The van der Waals surface area contributed by atoms with Crippen molar-refractivity contribution in [2.45, 2.75) is 18.5 Å². The summed E-state index contributed by atoms with van der Waals surface area (Å²) in [6.07, 6.45) is 2.08. The van der Waals surface area contributed by atoms with E-state index >= 15 is 0 Å². The Morgan fingerprint density at radius 2 is 2.05 bits per heavy atom. The number of hydrogen-bond acceptors (Lipinski definition) is 4. The highest BCUT2D eigenvalue weighted by Gasteiger charge is 2.42. The van der Waals surface area contributed by atoms with Gasteiger partial charge in [-0.2, -0.15) is 0 Å². The molecule has 1 aromatic heterocycles. The van der Waals surface area contributed by atoms with Crippen LogP contribution in [0.3, 0.4) is 0 Å². The van der Waals surface area contributed by atoms with Crippen LogP contribution in [0.2, 0.25) is 0 Å². The molecule has 0 N–H and O–H groups in total. The van der Waals surface area contributed by atoms with Crippen molar-refractivity contribution in [1.82, 2.24) is 4.98 Å². The third-order valence-corrected chi connectivity index (χ3v) is 4.05. The van der Waals surface area contributed by atoms with Crippen LogP contribution in [0.25, 0.3) is 10.9 Å². The summed E-state index contributed by atoms with van der Waals surface area (Å²) in [5.41, 5.74) is 1.63. The first kappa shape index (κ1) is 10.9. The van der Waals surface area contributed by atoms with Gasteiger partial charge in [0.1, 0.15) is 12.1 Å². The van der Waals surface area contributed by atoms with E-state index in [4.69, 9.17) is 9.72 Å². The second-order valence-electron chi connectivity index (χ2n) is 5.23. The maximum Gasteiger partial charge on any atom is 0.150 e. The number of ether oxygens (including phenoxy) is 1. The van der Waals surface area contributed by atoms with Gasteiger partial charge in [0.05, 0.1) is 30.8 Å². The molecule has 2 bridgehead atoms. The van der Waals surface area contributed by atoms with Crippen LogP contribution >= 0.6 is 0 Å². The molecule has 2 aliphatic heterocycles. The summed E-state index contributed by atoms with van der Waals surface area (Å²) in [7, 11) is 0. The largest absolute Gasteiger partial charge is 0.377 e. The Balaban J connectivity index is 1.74. The van der Waals surface area contributed by atoms with Gasteiger partial charge >= 0.3 is 0 Å². The topological polar surface area (TPSA) is 42.4 Å². The lowest BCUT2D eigenvalue weighted by Gasteiger charge is -2.53. The van der Waals surface area contributed by atoms with Crippen molar-refractivity contribution in [3.8, 4) is 0 Å². The Labute approximate surface area is 111 Å². The summed E-state index contributed by atoms with van der Waals surface area (Å²) in [4.78, 5) is 17.8. The Kier molecular flexibility index (Phi) is 2.32. The molecule has 3 heterocycles. The molecule has 0 spiro atoms. The number of benzene rings is 1. The van der Waals surface area contributed by atoms with Crippen molar-refractivity contribution in [1.29, 1.82) is 0 Å². The van der Waals surface area contributed by atoms with Gasteiger partial charge in [0.15, 0.2) is 0 Å². The first-order chi connectivity index (χ1) is 9.35. The van der Waals surface area contributed by atoms with Gasteiger partial charge in [-0.15, -0.1) is 0 Å². The Hall–Kier alpha value is -1.94. The minimum absolute atomic E-state index is 0.484. The molecule has 0 amide bonds. The number of morpholine rings is 1. The first-order valence-corrected chi connectivity index (χ1v) is 6.57. The number of fused-ring (bicyclic) bond motifs is 3.